The number of aromatic nitrogens is 4. The Hall–Kier alpha value is -2.88. The third kappa shape index (κ3) is 4.18. The largest absolute Gasteiger partial charge is 0.332 e. The summed E-state index contributed by atoms with van der Waals surface area (Å²) in [5, 5.41) is 20.1. The normalized spacial score (nSPS) is 10.9. The molecule has 0 fully saturated rings. The zero-order chi connectivity index (χ0) is 21.3. The monoisotopic (exact) mass is 456 g/mol. The molecule has 2 heterocycles. The van der Waals surface area contributed by atoms with Gasteiger partial charge < -0.3 is 5.32 Å². The summed E-state index contributed by atoms with van der Waals surface area (Å²) in [6.07, 6.45) is 0.769. The van der Waals surface area contributed by atoms with E-state index in [1.165, 1.54) is 11.3 Å². The summed E-state index contributed by atoms with van der Waals surface area (Å²) in [7, 11) is 0. The molecule has 2 aromatic heterocycles. The van der Waals surface area contributed by atoms with E-state index in [2.05, 4.69) is 25.9 Å². The number of hydrogen-bond donors (Lipinski definition) is 2. The van der Waals surface area contributed by atoms with Crippen molar-refractivity contribution in [1.29, 1.82) is 0 Å². The van der Waals surface area contributed by atoms with E-state index in [0.29, 0.717) is 10.6 Å². The average molecular weight is 457 g/mol. The minimum atomic E-state index is -0.322. The summed E-state index contributed by atoms with van der Waals surface area (Å²) in [4.78, 5) is 13.1. The van der Waals surface area contributed by atoms with E-state index in [1.54, 1.807) is 22.7 Å². The van der Waals surface area contributed by atoms with Crippen molar-refractivity contribution in [2.45, 2.75) is 20.3 Å². The predicted octanol–water partition coefficient (Wildman–Crippen LogP) is 4.50. The summed E-state index contributed by atoms with van der Waals surface area (Å²) >= 11 is 12.8. The molecule has 4 aromatic rings. The quantitative estimate of drug-likeness (QED) is 0.440. The summed E-state index contributed by atoms with van der Waals surface area (Å²) in [5.74, 6) is 0.513. The molecule has 0 aliphatic heterocycles. The van der Waals surface area contributed by atoms with Crippen LogP contribution in [0.2, 0.25) is 5.02 Å². The van der Waals surface area contributed by atoms with Crippen molar-refractivity contribution in [3.8, 4) is 10.6 Å². The SMILES string of the molecule is CCc1nnc2sc(-c3ccc(NC(=S)NC(=O)c4ccc(C)c(Cl)c4)cc3)nn12. The fourth-order valence-electron chi connectivity index (χ4n) is 2.76. The van der Waals surface area contributed by atoms with Gasteiger partial charge in [0.05, 0.1) is 0 Å². The highest BCUT2D eigenvalue weighted by molar-refractivity contribution is 7.80. The lowest BCUT2D eigenvalue weighted by Crippen LogP contribution is -2.34. The molecule has 7 nitrogen and oxygen atoms in total. The highest BCUT2D eigenvalue weighted by Gasteiger charge is 2.12. The molecule has 152 valence electrons. The van der Waals surface area contributed by atoms with Gasteiger partial charge in [-0.1, -0.05) is 35.9 Å². The first-order valence-corrected chi connectivity index (χ1v) is 10.7. The number of nitrogens with one attached hydrogen (secondary N) is 2. The second kappa shape index (κ2) is 8.47. The third-order valence-corrected chi connectivity index (χ3v) is 5.98. The van der Waals surface area contributed by atoms with Gasteiger partial charge in [-0.15, -0.1) is 10.2 Å². The van der Waals surface area contributed by atoms with Gasteiger partial charge >= 0.3 is 0 Å². The summed E-state index contributed by atoms with van der Waals surface area (Å²) in [5.41, 5.74) is 3.06. The van der Waals surface area contributed by atoms with Crippen LogP contribution in [-0.4, -0.2) is 30.8 Å². The van der Waals surface area contributed by atoms with Crippen molar-refractivity contribution in [3.05, 3.63) is 64.4 Å². The summed E-state index contributed by atoms with van der Waals surface area (Å²) in [6.45, 7) is 3.90. The van der Waals surface area contributed by atoms with Crippen LogP contribution in [0.5, 0.6) is 0 Å². The van der Waals surface area contributed by atoms with Crippen LogP contribution in [0.4, 0.5) is 5.69 Å². The molecular formula is C20H17ClN6OS2. The second-order valence-electron chi connectivity index (χ2n) is 6.52. The molecule has 0 radical (unpaired) electrons. The Labute approximate surface area is 187 Å². The maximum atomic E-state index is 12.3. The number of fused-ring (bicyclic) bond motifs is 1. The van der Waals surface area contributed by atoms with Gasteiger partial charge in [-0.3, -0.25) is 10.1 Å². The maximum Gasteiger partial charge on any atom is 0.257 e. The Morgan fingerprint density at radius 2 is 1.97 bits per heavy atom. The number of anilines is 1. The van der Waals surface area contributed by atoms with E-state index in [0.717, 1.165) is 39.0 Å². The first-order chi connectivity index (χ1) is 14.4. The summed E-state index contributed by atoms with van der Waals surface area (Å²) in [6, 6.07) is 12.7. The third-order valence-electron chi connectivity index (χ3n) is 4.42. The predicted molar refractivity (Wildman–Crippen MR) is 123 cm³/mol. The second-order valence-corrected chi connectivity index (χ2v) is 8.29. The van der Waals surface area contributed by atoms with Gasteiger partial charge in [-0.25, -0.2) is 0 Å². The number of halogens is 1. The Balaban J connectivity index is 1.42. The fourth-order valence-corrected chi connectivity index (χ4v) is 4.02. The van der Waals surface area contributed by atoms with Gasteiger partial charge in [0.2, 0.25) is 4.96 Å². The Bertz CT molecular complexity index is 1250. The molecule has 1 amide bonds. The minimum Gasteiger partial charge on any atom is -0.332 e. The maximum absolute atomic E-state index is 12.3. The molecule has 2 aromatic carbocycles. The number of nitrogens with zero attached hydrogens (tertiary/aromatic N) is 4. The smallest absolute Gasteiger partial charge is 0.257 e. The number of rotatable bonds is 4. The van der Waals surface area contributed by atoms with Gasteiger partial charge in [0.25, 0.3) is 5.91 Å². The zero-order valence-electron chi connectivity index (χ0n) is 16.1. The number of thiocarbonyl (C=S) groups is 1. The number of aryl methyl sites for hydroxylation is 2. The molecule has 0 saturated heterocycles. The molecule has 30 heavy (non-hydrogen) atoms. The number of benzene rings is 2. The fraction of sp³-hybridized carbons (Fsp3) is 0.150. The van der Waals surface area contributed by atoms with Crippen molar-refractivity contribution < 1.29 is 4.79 Å². The van der Waals surface area contributed by atoms with Crippen LogP contribution < -0.4 is 10.6 Å². The molecule has 0 bridgehead atoms. The van der Waals surface area contributed by atoms with E-state index in [-0.39, 0.29) is 11.0 Å². The Morgan fingerprint density at radius 1 is 1.20 bits per heavy atom. The lowest BCUT2D eigenvalue weighted by atomic mass is 10.1. The van der Waals surface area contributed by atoms with Crippen molar-refractivity contribution in [2.24, 2.45) is 0 Å². The molecule has 0 spiro atoms. The van der Waals surface area contributed by atoms with E-state index in [1.807, 2.05) is 38.1 Å². The van der Waals surface area contributed by atoms with Gasteiger partial charge in [0.1, 0.15) is 5.01 Å². The minimum absolute atomic E-state index is 0.204. The van der Waals surface area contributed by atoms with Crippen LogP contribution in [0, 0.1) is 6.92 Å². The van der Waals surface area contributed by atoms with Gasteiger partial charge in [-0.2, -0.15) is 9.61 Å². The first-order valence-electron chi connectivity index (χ1n) is 9.14. The van der Waals surface area contributed by atoms with Gasteiger partial charge in [0, 0.05) is 28.3 Å². The van der Waals surface area contributed by atoms with Crippen molar-refractivity contribution in [1.82, 2.24) is 25.1 Å². The van der Waals surface area contributed by atoms with Crippen molar-refractivity contribution in [3.63, 3.8) is 0 Å². The number of carbonyl (C=O) groups excluding carboxylic acids is 1. The lowest BCUT2D eigenvalue weighted by molar-refractivity contribution is 0.0977. The van der Waals surface area contributed by atoms with Crippen LogP contribution in [0.25, 0.3) is 15.5 Å². The molecule has 4 rings (SSSR count). The number of hydrogen-bond acceptors (Lipinski definition) is 6. The van der Waals surface area contributed by atoms with Crippen LogP contribution in [0.15, 0.2) is 42.5 Å². The average Bonchev–Trinajstić information content (AvgIpc) is 3.31. The molecule has 10 heteroatoms. The van der Waals surface area contributed by atoms with Gasteiger partial charge in [0.15, 0.2) is 10.9 Å². The molecule has 0 aliphatic rings. The first kappa shape index (κ1) is 20.4. The van der Waals surface area contributed by atoms with Crippen LogP contribution >= 0.6 is 35.2 Å². The molecular weight excluding hydrogens is 440 g/mol. The van der Waals surface area contributed by atoms with Crippen molar-refractivity contribution >= 4 is 56.8 Å². The zero-order valence-corrected chi connectivity index (χ0v) is 18.5. The standard InChI is InChI=1S/C20H17ClN6OS2/c1-3-16-24-25-20-27(16)26-18(30-20)12-6-8-14(9-7-12)22-19(29)23-17(28)13-5-4-11(2)15(21)10-13/h4-10H,3H2,1-2H3,(H2,22,23,28,29). The molecule has 0 atom stereocenters. The van der Waals surface area contributed by atoms with Crippen LogP contribution in [0.1, 0.15) is 28.7 Å². The van der Waals surface area contributed by atoms with Crippen LogP contribution in [-0.2, 0) is 6.42 Å². The summed E-state index contributed by atoms with van der Waals surface area (Å²) < 4.78 is 1.77. The lowest BCUT2D eigenvalue weighted by Gasteiger charge is -2.10. The van der Waals surface area contributed by atoms with E-state index < -0.39 is 0 Å². The Morgan fingerprint density at radius 3 is 2.67 bits per heavy atom. The van der Waals surface area contributed by atoms with E-state index in [9.17, 15) is 4.79 Å². The molecule has 2 N–H and O–H groups in total. The topological polar surface area (TPSA) is 84.2 Å². The molecule has 0 unspecified atom stereocenters. The van der Waals surface area contributed by atoms with E-state index >= 15 is 0 Å². The highest BCUT2D eigenvalue weighted by Crippen LogP contribution is 2.26. The molecule has 0 saturated carbocycles. The molecule has 0 aliphatic carbocycles. The number of carbonyl (C=O) groups is 1. The van der Waals surface area contributed by atoms with Crippen LogP contribution in [0.3, 0.4) is 0 Å². The Kier molecular flexibility index (Phi) is 5.76. The number of amides is 1. The highest BCUT2D eigenvalue weighted by atomic mass is 35.5. The van der Waals surface area contributed by atoms with Crippen molar-refractivity contribution in [2.75, 3.05) is 5.32 Å². The van der Waals surface area contributed by atoms with Gasteiger partial charge in [-0.05, 0) is 61.1 Å². The van der Waals surface area contributed by atoms with E-state index in [4.69, 9.17) is 23.8 Å².